The molecule has 0 aliphatic carbocycles. The number of carbonyl (C=O) groups excluding carboxylic acids is 1. The highest BCUT2D eigenvalue weighted by Crippen LogP contribution is 2.39. The molecule has 0 N–H and O–H groups in total. The van der Waals surface area contributed by atoms with Gasteiger partial charge in [0.05, 0.1) is 12.0 Å². The van der Waals surface area contributed by atoms with E-state index < -0.39 is 11.3 Å². The summed E-state index contributed by atoms with van der Waals surface area (Å²) in [6.45, 7) is 3.88. The molecule has 0 spiro atoms. The lowest BCUT2D eigenvalue weighted by Gasteiger charge is -2.25. The van der Waals surface area contributed by atoms with Crippen LogP contribution in [0.1, 0.15) is 24.8 Å². The van der Waals surface area contributed by atoms with Crippen LogP contribution in [-0.2, 0) is 9.53 Å². The lowest BCUT2D eigenvalue weighted by Crippen LogP contribution is -2.30. The number of nitrogens with zero attached hydrogens (tertiary/aromatic N) is 2. The van der Waals surface area contributed by atoms with Crippen LogP contribution < -0.4 is 0 Å². The van der Waals surface area contributed by atoms with Gasteiger partial charge in [0, 0.05) is 17.5 Å². The van der Waals surface area contributed by atoms with Crippen molar-refractivity contribution in [1.82, 2.24) is 4.98 Å². The van der Waals surface area contributed by atoms with Crippen LogP contribution in [-0.4, -0.2) is 23.3 Å². The second-order valence-electron chi connectivity index (χ2n) is 3.80. The monoisotopic (exact) mass is 252 g/mol. The number of rotatable bonds is 2. The largest absolute Gasteiger partial charge is 0.465 e. The first kappa shape index (κ1) is 12.0. The Labute approximate surface area is 105 Å². The van der Waals surface area contributed by atoms with E-state index in [1.54, 1.807) is 26.1 Å². The van der Waals surface area contributed by atoms with E-state index in [2.05, 4.69) is 9.98 Å². The quantitative estimate of drug-likeness (QED) is 0.601. The van der Waals surface area contributed by atoms with Gasteiger partial charge in [-0.1, -0.05) is 6.07 Å². The maximum Gasteiger partial charge on any atom is 0.316 e. The normalized spacial score (nSPS) is 22.6. The van der Waals surface area contributed by atoms with Crippen LogP contribution in [0.2, 0.25) is 0 Å². The molecule has 17 heavy (non-hydrogen) atoms. The molecule has 1 aliphatic heterocycles. The predicted molar refractivity (Wildman–Crippen MR) is 65.7 cm³/mol. The van der Waals surface area contributed by atoms with Crippen LogP contribution >= 0.6 is 11.6 Å². The lowest BCUT2D eigenvalue weighted by molar-refractivity contribution is -0.145. The number of aliphatic imine (C=N–C) groups is 1. The summed E-state index contributed by atoms with van der Waals surface area (Å²) in [6.07, 6.45) is 1.66. The number of esters is 1. The van der Waals surface area contributed by atoms with Gasteiger partial charge in [0.15, 0.2) is 5.82 Å². The Morgan fingerprint density at radius 2 is 2.35 bits per heavy atom. The van der Waals surface area contributed by atoms with E-state index in [4.69, 9.17) is 16.3 Å². The summed E-state index contributed by atoms with van der Waals surface area (Å²) >= 11 is 6.32. The highest BCUT2D eigenvalue weighted by atomic mass is 35.5. The van der Waals surface area contributed by atoms with Crippen LogP contribution in [0.5, 0.6) is 0 Å². The average Bonchev–Trinajstić information content (AvgIpc) is 2.29. The van der Waals surface area contributed by atoms with Gasteiger partial charge in [-0.2, -0.15) is 0 Å². The standard InChI is InChI=1S/C12H13ClN2O2/c1-3-17-12(16)9-7(2)15-11-8(10(9)13)5-4-6-14-11/h4-6,9-10H,3H2,1-2H3. The molecule has 1 aliphatic rings. The number of ether oxygens (including phenoxy) is 1. The number of carbonyl (C=O) groups is 1. The summed E-state index contributed by atoms with van der Waals surface area (Å²) in [5.41, 5.74) is 1.42. The van der Waals surface area contributed by atoms with Crippen molar-refractivity contribution >= 4 is 29.1 Å². The summed E-state index contributed by atoms with van der Waals surface area (Å²) in [4.78, 5) is 20.3. The van der Waals surface area contributed by atoms with Crippen molar-refractivity contribution in [2.45, 2.75) is 19.2 Å². The highest BCUT2D eigenvalue weighted by molar-refractivity contribution is 6.26. The van der Waals surface area contributed by atoms with Crippen molar-refractivity contribution in [2.24, 2.45) is 10.9 Å². The zero-order chi connectivity index (χ0) is 12.4. The Hall–Kier alpha value is -1.42. The van der Waals surface area contributed by atoms with Crippen molar-refractivity contribution in [3.05, 3.63) is 23.9 Å². The minimum absolute atomic E-state index is 0.330. The summed E-state index contributed by atoms with van der Waals surface area (Å²) in [5.74, 6) is -0.262. The molecule has 0 bridgehead atoms. The molecular formula is C12H13ClN2O2. The van der Waals surface area contributed by atoms with E-state index in [0.29, 0.717) is 18.1 Å². The number of alkyl halides is 1. The fourth-order valence-electron chi connectivity index (χ4n) is 1.87. The van der Waals surface area contributed by atoms with Gasteiger partial charge in [-0.15, -0.1) is 11.6 Å². The Kier molecular flexibility index (Phi) is 3.43. The van der Waals surface area contributed by atoms with E-state index >= 15 is 0 Å². The van der Waals surface area contributed by atoms with E-state index in [1.165, 1.54) is 0 Å². The number of pyridine rings is 1. The molecule has 1 aromatic heterocycles. The van der Waals surface area contributed by atoms with E-state index in [9.17, 15) is 4.79 Å². The maximum atomic E-state index is 11.8. The number of hydrogen-bond donors (Lipinski definition) is 0. The lowest BCUT2D eigenvalue weighted by atomic mass is 9.92. The van der Waals surface area contributed by atoms with Crippen LogP contribution in [0.25, 0.3) is 0 Å². The predicted octanol–water partition coefficient (Wildman–Crippen LogP) is 2.65. The van der Waals surface area contributed by atoms with Gasteiger partial charge in [0.25, 0.3) is 0 Å². The van der Waals surface area contributed by atoms with Gasteiger partial charge in [-0.05, 0) is 19.9 Å². The Morgan fingerprint density at radius 3 is 3.06 bits per heavy atom. The molecule has 5 heteroatoms. The third-order valence-corrected chi connectivity index (χ3v) is 3.17. The van der Waals surface area contributed by atoms with E-state index in [1.807, 2.05) is 6.07 Å². The summed E-state index contributed by atoms with van der Waals surface area (Å²) < 4.78 is 5.01. The molecule has 0 radical (unpaired) electrons. The number of aromatic nitrogens is 1. The van der Waals surface area contributed by atoms with E-state index in [0.717, 1.165) is 5.56 Å². The maximum absolute atomic E-state index is 11.8. The van der Waals surface area contributed by atoms with Gasteiger partial charge in [-0.3, -0.25) is 4.79 Å². The topological polar surface area (TPSA) is 51.5 Å². The van der Waals surface area contributed by atoms with Crippen molar-refractivity contribution in [3.8, 4) is 0 Å². The van der Waals surface area contributed by atoms with Crippen molar-refractivity contribution < 1.29 is 9.53 Å². The Bertz CT molecular complexity index is 473. The molecule has 90 valence electrons. The van der Waals surface area contributed by atoms with Crippen LogP contribution in [0.3, 0.4) is 0 Å². The third kappa shape index (κ3) is 2.17. The number of hydrogen-bond acceptors (Lipinski definition) is 4. The minimum atomic E-state index is -0.520. The molecule has 2 heterocycles. The molecule has 2 unspecified atom stereocenters. The number of fused-ring (bicyclic) bond motifs is 1. The van der Waals surface area contributed by atoms with Crippen molar-refractivity contribution in [3.63, 3.8) is 0 Å². The first-order chi connectivity index (χ1) is 8.15. The summed E-state index contributed by atoms with van der Waals surface area (Å²) in [6, 6.07) is 3.62. The molecule has 2 atom stereocenters. The number of halogens is 1. The van der Waals surface area contributed by atoms with Gasteiger partial charge in [0.2, 0.25) is 0 Å². The fraction of sp³-hybridized carbons (Fsp3) is 0.417. The zero-order valence-corrected chi connectivity index (χ0v) is 10.4. The van der Waals surface area contributed by atoms with Gasteiger partial charge in [-0.25, -0.2) is 9.98 Å². The molecule has 0 saturated carbocycles. The van der Waals surface area contributed by atoms with Crippen LogP contribution in [0.15, 0.2) is 23.3 Å². The van der Waals surface area contributed by atoms with Gasteiger partial charge < -0.3 is 4.74 Å². The summed E-state index contributed by atoms with van der Waals surface area (Å²) in [7, 11) is 0. The first-order valence-electron chi connectivity index (χ1n) is 5.46. The van der Waals surface area contributed by atoms with Crippen LogP contribution in [0, 0.1) is 5.92 Å². The Morgan fingerprint density at radius 1 is 1.59 bits per heavy atom. The van der Waals surface area contributed by atoms with E-state index in [-0.39, 0.29) is 5.97 Å². The summed E-state index contributed by atoms with van der Waals surface area (Å²) in [5, 5.41) is -0.463. The van der Waals surface area contributed by atoms with Crippen molar-refractivity contribution in [1.29, 1.82) is 0 Å². The third-order valence-electron chi connectivity index (χ3n) is 2.68. The first-order valence-corrected chi connectivity index (χ1v) is 5.89. The molecule has 0 aromatic carbocycles. The minimum Gasteiger partial charge on any atom is -0.465 e. The Balaban J connectivity index is 2.38. The SMILES string of the molecule is CCOC(=O)C1C(C)=Nc2ncccc2C1Cl. The van der Waals surface area contributed by atoms with Gasteiger partial charge >= 0.3 is 5.97 Å². The highest BCUT2D eigenvalue weighted by Gasteiger charge is 2.36. The smallest absolute Gasteiger partial charge is 0.316 e. The van der Waals surface area contributed by atoms with Crippen LogP contribution in [0.4, 0.5) is 5.82 Å². The second kappa shape index (κ2) is 4.84. The second-order valence-corrected chi connectivity index (χ2v) is 4.27. The van der Waals surface area contributed by atoms with Crippen molar-refractivity contribution in [2.75, 3.05) is 6.61 Å². The molecule has 0 amide bonds. The fourth-order valence-corrected chi connectivity index (χ4v) is 2.32. The average molecular weight is 253 g/mol. The molecule has 4 nitrogen and oxygen atoms in total. The zero-order valence-electron chi connectivity index (χ0n) is 9.68. The van der Waals surface area contributed by atoms with Gasteiger partial charge in [0.1, 0.15) is 5.92 Å². The molecule has 0 fully saturated rings. The molecule has 1 aromatic rings. The molecule has 0 saturated heterocycles. The molecular weight excluding hydrogens is 240 g/mol. The molecule has 2 rings (SSSR count).